The molecule has 6 heteroatoms. The van der Waals surface area contributed by atoms with Crippen LogP contribution in [-0.4, -0.2) is 34.2 Å². The van der Waals surface area contributed by atoms with Crippen molar-refractivity contribution in [3.8, 4) is 0 Å². The predicted octanol–water partition coefficient (Wildman–Crippen LogP) is 6.29. The molecule has 168 valence electrons. The number of carbonyl (C=O) groups excluding carboxylic acids is 2. The molecule has 0 unspecified atom stereocenters. The highest BCUT2D eigenvalue weighted by atomic mass is 79.9. The zero-order chi connectivity index (χ0) is 23.1. The van der Waals surface area contributed by atoms with Crippen LogP contribution in [0.1, 0.15) is 46.6 Å². The Morgan fingerprint density at radius 3 is 2.28 bits per heavy atom. The topological polar surface area (TPSA) is 40.6 Å². The van der Waals surface area contributed by atoms with Crippen molar-refractivity contribution >= 4 is 39.1 Å². The maximum absolute atomic E-state index is 13.5. The van der Waals surface area contributed by atoms with E-state index in [4.69, 9.17) is 0 Å². The smallest absolute Gasteiger partial charge is 0.254 e. The highest BCUT2D eigenvalue weighted by Crippen LogP contribution is 2.21. The molecule has 0 aliphatic rings. The van der Waals surface area contributed by atoms with E-state index < -0.39 is 0 Å². The lowest BCUT2D eigenvalue weighted by atomic mass is 10.1. The Balaban J connectivity index is 1.84. The van der Waals surface area contributed by atoms with Crippen LogP contribution in [-0.2, 0) is 17.9 Å². The summed E-state index contributed by atoms with van der Waals surface area (Å²) in [4.78, 5) is 31.5. The lowest BCUT2D eigenvalue weighted by molar-refractivity contribution is -0.133. The molecule has 2 amide bonds. The third-order valence-corrected chi connectivity index (χ3v) is 7.19. The molecule has 0 bridgehead atoms. The fourth-order valence-corrected chi connectivity index (χ4v) is 4.61. The standard InChI is InChI=1S/C26H29BrN2O2S/c1-4-20(3)29(26(31)22-10-12-23(27)13-11-22)18-25(30)28(16-21-8-6-5-7-9-21)17-24-19(2)14-15-32-24/h5-15,20H,4,16-18H2,1-3H3/t20-/m0/s1. The quantitative estimate of drug-likeness (QED) is 0.338. The molecule has 0 radical (unpaired) electrons. The lowest BCUT2D eigenvalue weighted by Crippen LogP contribution is -2.46. The highest BCUT2D eigenvalue weighted by molar-refractivity contribution is 9.10. The molecule has 3 aromatic rings. The van der Waals surface area contributed by atoms with Crippen molar-refractivity contribution in [1.82, 2.24) is 9.80 Å². The van der Waals surface area contributed by atoms with Gasteiger partial charge in [0.05, 0.1) is 6.54 Å². The molecule has 0 fully saturated rings. The summed E-state index contributed by atoms with van der Waals surface area (Å²) < 4.78 is 0.917. The Bertz CT molecular complexity index is 1030. The Hall–Kier alpha value is -2.44. The van der Waals surface area contributed by atoms with Crippen molar-refractivity contribution in [2.24, 2.45) is 0 Å². The number of halogens is 1. The largest absolute Gasteiger partial charge is 0.332 e. The molecule has 4 nitrogen and oxygen atoms in total. The van der Waals surface area contributed by atoms with Gasteiger partial charge in [-0.15, -0.1) is 11.3 Å². The molecular formula is C26H29BrN2O2S. The lowest BCUT2D eigenvalue weighted by Gasteiger charge is -2.31. The van der Waals surface area contributed by atoms with Crippen LogP contribution in [0.2, 0.25) is 0 Å². The molecule has 0 N–H and O–H groups in total. The van der Waals surface area contributed by atoms with Gasteiger partial charge >= 0.3 is 0 Å². The molecule has 0 saturated carbocycles. The summed E-state index contributed by atoms with van der Waals surface area (Å²) in [5, 5.41) is 2.05. The van der Waals surface area contributed by atoms with E-state index in [1.165, 1.54) is 10.4 Å². The van der Waals surface area contributed by atoms with Gasteiger partial charge in [-0.2, -0.15) is 0 Å². The van der Waals surface area contributed by atoms with Crippen molar-refractivity contribution in [1.29, 1.82) is 0 Å². The van der Waals surface area contributed by atoms with E-state index in [1.807, 2.05) is 61.2 Å². The number of nitrogens with zero attached hydrogens (tertiary/aromatic N) is 2. The van der Waals surface area contributed by atoms with Crippen molar-refractivity contribution in [3.63, 3.8) is 0 Å². The first-order valence-corrected chi connectivity index (χ1v) is 12.5. The Kier molecular flexibility index (Phi) is 8.65. The number of hydrogen-bond donors (Lipinski definition) is 0. The molecule has 0 saturated heterocycles. The zero-order valence-corrected chi connectivity index (χ0v) is 21.2. The third kappa shape index (κ3) is 6.30. The summed E-state index contributed by atoms with van der Waals surface area (Å²) in [5.41, 5.74) is 2.85. The number of benzene rings is 2. The molecule has 2 aromatic carbocycles. The van der Waals surface area contributed by atoms with Gasteiger partial charge in [0, 0.05) is 27.5 Å². The fraction of sp³-hybridized carbons (Fsp3) is 0.308. The average molecular weight is 514 g/mol. The first-order valence-electron chi connectivity index (χ1n) is 10.8. The number of aryl methyl sites for hydroxylation is 1. The minimum atomic E-state index is -0.118. The van der Waals surface area contributed by atoms with Crippen LogP contribution < -0.4 is 0 Å². The van der Waals surface area contributed by atoms with Crippen LogP contribution in [0.15, 0.2) is 70.5 Å². The number of hydrogen-bond acceptors (Lipinski definition) is 3. The van der Waals surface area contributed by atoms with E-state index in [-0.39, 0.29) is 24.4 Å². The van der Waals surface area contributed by atoms with E-state index in [9.17, 15) is 9.59 Å². The fourth-order valence-electron chi connectivity index (χ4n) is 3.43. The summed E-state index contributed by atoms with van der Waals surface area (Å²) in [7, 11) is 0. The van der Waals surface area contributed by atoms with Crippen LogP contribution in [0.3, 0.4) is 0 Å². The summed E-state index contributed by atoms with van der Waals surface area (Å²) in [6, 6.07) is 19.3. The predicted molar refractivity (Wildman–Crippen MR) is 135 cm³/mol. The molecule has 0 spiro atoms. The van der Waals surface area contributed by atoms with Gasteiger partial charge in [-0.3, -0.25) is 9.59 Å². The molecule has 32 heavy (non-hydrogen) atoms. The minimum absolute atomic E-state index is 0.0443. The maximum atomic E-state index is 13.5. The SMILES string of the molecule is CC[C@H](C)N(CC(=O)N(Cc1ccccc1)Cc1sccc1C)C(=O)c1ccc(Br)cc1. The second kappa shape index (κ2) is 11.4. The van der Waals surface area contributed by atoms with E-state index >= 15 is 0 Å². The van der Waals surface area contributed by atoms with Gasteiger partial charge in [-0.05, 0) is 67.1 Å². The van der Waals surface area contributed by atoms with E-state index in [0.29, 0.717) is 18.7 Å². The van der Waals surface area contributed by atoms with E-state index in [1.54, 1.807) is 28.4 Å². The zero-order valence-electron chi connectivity index (χ0n) is 18.8. The van der Waals surface area contributed by atoms with Crippen LogP contribution in [0, 0.1) is 6.92 Å². The van der Waals surface area contributed by atoms with Crippen LogP contribution in [0.25, 0.3) is 0 Å². The van der Waals surface area contributed by atoms with Gasteiger partial charge in [0.15, 0.2) is 0 Å². The molecule has 0 aliphatic heterocycles. The normalized spacial score (nSPS) is 11.8. The van der Waals surface area contributed by atoms with Crippen molar-refractivity contribution in [2.75, 3.05) is 6.54 Å². The highest BCUT2D eigenvalue weighted by Gasteiger charge is 2.26. The van der Waals surface area contributed by atoms with Crippen molar-refractivity contribution in [2.45, 2.75) is 46.3 Å². The average Bonchev–Trinajstić information content (AvgIpc) is 3.21. The number of rotatable bonds is 9. The molecule has 3 rings (SSSR count). The third-order valence-electron chi connectivity index (χ3n) is 5.65. The number of amides is 2. The van der Waals surface area contributed by atoms with Gasteiger partial charge in [0.2, 0.25) is 5.91 Å². The second-order valence-electron chi connectivity index (χ2n) is 7.96. The first kappa shape index (κ1) is 24.2. The Morgan fingerprint density at radius 2 is 1.69 bits per heavy atom. The molecule has 0 aliphatic carbocycles. The van der Waals surface area contributed by atoms with Crippen LogP contribution >= 0.6 is 27.3 Å². The first-order chi connectivity index (χ1) is 15.4. The van der Waals surface area contributed by atoms with E-state index in [0.717, 1.165) is 16.5 Å². The van der Waals surface area contributed by atoms with Crippen LogP contribution in [0.5, 0.6) is 0 Å². The second-order valence-corrected chi connectivity index (χ2v) is 9.88. The Labute approximate surface area is 203 Å². The van der Waals surface area contributed by atoms with E-state index in [2.05, 4.69) is 34.3 Å². The van der Waals surface area contributed by atoms with Crippen molar-refractivity contribution < 1.29 is 9.59 Å². The number of carbonyl (C=O) groups is 2. The molecular weight excluding hydrogens is 484 g/mol. The summed E-state index contributed by atoms with van der Waals surface area (Å²) in [6.07, 6.45) is 0.776. The van der Waals surface area contributed by atoms with Gasteiger partial charge in [0.25, 0.3) is 5.91 Å². The van der Waals surface area contributed by atoms with Gasteiger partial charge in [0.1, 0.15) is 6.54 Å². The Morgan fingerprint density at radius 1 is 1.00 bits per heavy atom. The molecule has 1 heterocycles. The maximum Gasteiger partial charge on any atom is 0.254 e. The minimum Gasteiger partial charge on any atom is -0.332 e. The molecule has 1 atom stereocenters. The summed E-state index contributed by atoms with van der Waals surface area (Å²) in [6.45, 7) is 7.21. The monoisotopic (exact) mass is 512 g/mol. The van der Waals surface area contributed by atoms with Gasteiger partial charge in [-0.1, -0.05) is 53.2 Å². The van der Waals surface area contributed by atoms with Gasteiger partial charge < -0.3 is 9.80 Å². The van der Waals surface area contributed by atoms with Gasteiger partial charge in [-0.25, -0.2) is 0 Å². The molecule has 1 aromatic heterocycles. The summed E-state index contributed by atoms with van der Waals surface area (Å²) >= 11 is 5.08. The van der Waals surface area contributed by atoms with Crippen LogP contribution in [0.4, 0.5) is 0 Å². The summed E-state index contributed by atoms with van der Waals surface area (Å²) in [5.74, 6) is -0.167. The number of thiophene rings is 1. The van der Waals surface area contributed by atoms with Crippen molar-refractivity contribution in [3.05, 3.63) is 92.1 Å².